The average molecular weight is 631 g/mol. The molecule has 0 N–H and O–H groups in total. The first-order valence-corrected chi connectivity index (χ1v) is 16.4. The van der Waals surface area contributed by atoms with Crippen LogP contribution in [-0.4, -0.2) is 0 Å². The quantitative estimate of drug-likeness (QED) is 0.167. The van der Waals surface area contributed by atoms with Crippen LogP contribution in [0.2, 0.25) is 0 Å². The van der Waals surface area contributed by atoms with Crippen LogP contribution in [0.25, 0.3) is 22.3 Å². The highest BCUT2D eigenvalue weighted by Crippen LogP contribution is 2.22. The first-order valence-electron chi connectivity index (χ1n) is 16.4. The second-order valence-electron chi connectivity index (χ2n) is 11.6. The van der Waals surface area contributed by atoms with E-state index < -0.39 is 0 Å². The van der Waals surface area contributed by atoms with Crippen molar-refractivity contribution in [3.8, 4) is 69.6 Å². The van der Waals surface area contributed by atoms with Crippen molar-refractivity contribution in [2.75, 3.05) is 0 Å². The molecular formula is C50H30. The second kappa shape index (κ2) is 15.6. The van der Waals surface area contributed by atoms with Gasteiger partial charge in [-0.3, -0.25) is 0 Å². The maximum atomic E-state index is 3.29. The zero-order chi connectivity index (χ0) is 33.8. The van der Waals surface area contributed by atoms with E-state index in [0.29, 0.717) is 0 Å². The highest BCUT2D eigenvalue weighted by Gasteiger charge is 2.01. The number of rotatable bonds is 2. The lowest BCUT2D eigenvalue weighted by Gasteiger charge is -2.03. The standard InChI is InChI=1S/C50H30/c1-3-9-39(10-4-1)25-27-45-13-7-15-49(37-45)47-33-29-43(30-34-47)23-21-41-17-19-42(20-18-41)22-24-44-31-35-48(36-32-44)50-16-8-14-46(38-50)28-26-40-11-5-2-6-12-40/h1-20,29-38H. The van der Waals surface area contributed by atoms with Crippen LogP contribution in [0.4, 0.5) is 0 Å². The molecule has 7 rings (SSSR count). The minimum absolute atomic E-state index is 0.948. The Balaban J connectivity index is 0.966. The largest absolute Gasteiger partial charge is 0.0622 e. The van der Waals surface area contributed by atoms with Gasteiger partial charge in [0.25, 0.3) is 0 Å². The van der Waals surface area contributed by atoms with E-state index >= 15 is 0 Å². The lowest BCUT2D eigenvalue weighted by molar-refractivity contribution is 1.56. The van der Waals surface area contributed by atoms with Crippen LogP contribution in [0, 0.1) is 47.4 Å². The van der Waals surface area contributed by atoms with Crippen LogP contribution < -0.4 is 0 Å². The van der Waals surface area contributed by atoms with E-state index in [0.717, 1.165) is 66.8 Å². The van der Waals surface area contributed by atoms with E-state index in [4.69, 9.17) is 0 Å². The van der Waals surface area contributed by atoms with Gasteiger partial charge in [0.1, 0.15) is 0 Å². The minimum atomic E-state index is 0.948. The van der Waals surface area contributed by atoms with Crippen LogP contribution in [0.15, 0.2) is 182 Å². The second-order valence-corrected chi connectivity index (χ2v) is 11.6. The molecule has 50 heavy (non-hydrogen) atoms. The van der Waals surface area contributed by atoms with Crippen molar-refractivity contribution in [1.82, 2.24) is 0 Å². The third kappa shape index (κ3) is 8.57. The summed E-state index contributed by atoms with van der Waals surface area (Å²) in [6, 6.07) is 61.5. The van der Waals surface area contributed by atoms with Gasteiger partial charge >= 0.3 is 0 Å². The van der Waals surface area contributed by atoms with Gasteiger partial charge in [0.15, 0.2) is 0 Å². The van der Waals surface area contributed by atoms with Crippen molar-refractivity contribution in [3.05, 3.63) is 226 Å². The van der Waals surface area contributed by atoms with Gasteiger partial charge in [0.05, 0.1) is 0 Å². The van der Waals surface area contributed by atoms with Gasteiger partial charge in [-0.1, -0.05) is 132 Å². The summed E-state index contributed by atoms with van der Waals surface area (Å²) in [5.74, 6) is 26.2. The van der Waals surface area contributed by atoms with Crippen LogP contribution >= 0.6 is 0 Å². The minimum Gasteiger partial charge on any atom is -0.0622 e. The Hall–Kier alpha value is -7.22. The fourth-order valence-electron chi connectivity index (χ4n) is 5.30. The van der Waals surface area contributed by atoms with Crippen LogP contribution in [-0.2, 0) is 0 Å². The fourth-order valence-corrected chi connectivity index (χ4v) is 5.30. The molecule has 0 bridgehead atoms. The summed E-state index contributed by atoms with van der Waals surface area (Å²) in [6.45, 7) is 0. The summed E-state index contributed by atoms with van der Waals surface area (Å²) in [7, 11) is 0. The molecule has 0 aliphatic carbocycles. The average Bonchev–Trinajstić information content (AvgIpc) is 3.19. The molecule has 0 heteroatoms. The lowest BCUT2D eigenvalue weighted by Crippen LogP contribution is -1.83. The van der Waals surface area contributed by atoms with Gasteiger partial charge < -0.3 is 0 Å². The summed E-state index contributed by atoms with van der Waals surface area (Å²) in [4.78, 5) is 0. The Kier molecular flexibility index (Phi) is 9.78. The van der Waals surface area contributed by atoms with Crippen molar-refractivity contribution in [2.24, 2.45) is 0 Å². The van der Waals surface area contributed by atoms with Gasteiger partial charge in [0.2, 0.25) is 0 Å². The molecule has 0 fully saturated rings. The van der Waals surface area contributed by atoms with E-state index in [2.05, 4.69) is 120 Å². The van der Waals surface area contributed by atoms with E-state index in [1.807, 2.05) is 109 Å². The highest BCUT2D eigenvalue weighted by molar-refractivity contribution is 5.68. The zero-order valence-electron chi connectivity index (χ0n) is 27.3. The smallest absolute Gasteiger partial charge is 0.0255 e. The molecule has 0 aliphatic rings. The normalized spacial score (nSPS) is 9.76. The number of benzene rings is 7. The molecule has 0 saturated carbocycles. The summed E-state index contributed by atoms with van der Waals surface area (Å²) >= 11 is 0. The maximum Gasteiger partial charge on any atom is 0.0255 e. The van der Waals surface area contributed by atoms with Crippen molar-refractivity contribution in [1.29, 1.82) is 0 Å². The van der Waals surface area contributed by atoms with E-state index in [1.54, 1.807) is 0 Å². The van der Waals surface area contributed by atoms with E-state index in [9.17, 15) is 0 Å². The fraction of sp³-hybridized carbons (Fsp3) is 0. The van der Waals surface area contributed by atoms with Crippen LogP contribution in [0.1, 0.15) is 44.5 Å². The maximum absolute atomic E-state index is 3.29. The summed E-state index contributed by atoms with van der Waals surface area (Å²) < 4.78 is 0. The highest BCUT2D eigenvalue weighted by atomic mass is 14.0. The first-order chi connectivity index (χ1) is 24.7. The third-order valence-electron chi connectivity index (χ3n) is 8.00. The summed E-state index contributed by atoms with van der Waals surface area (Å²) in [5, 5.41) is 0. The Morgan fingerprint density at radius 3 is 0.780 bits per heavy atom. The van der Waals surface area contributed by atoms with Gasteiger partial charge in [-0.05, 0) is 119 Å². The van der Waals surface area contributed by atoms with Crippen molar-refractivity contribution >= 4 is 0 Å². The van der Waals surface area contributed by atoms with Gasteiger partial charge in [-0.15, -0.1) is 0 Å². The zero-order valence-corrected chi connectivity index (χ0v) is 27.3. The predicted octanol–water partition coefficient (Wildman–Crippen LogP) is 10.6. The molecule has 0 nitrogen and oxygen atoms in total. The molecule has 0 amide bonds. The number of hydrogen-bond donors (Lipinski definition) is 0. The van der Waals surface area contributed by atoms with Gasteiger partial charge in [-0.2, -0.15) is 0 Å². The molecule has 7 aromatic rings. The Morgan fingerprint density at radius 2 is 0.440 bits per heavy atom. The molecule has 0 aromatic heterocycles. The summed E-state index contributed by atoms with van der Waals surface area (Å²) in [6.07, 6.45) is 0. The van der Waals surface area contributed by atoms with Crippen LogP contribution in [0.3, 0.4) is 0 Å². The third-order valence-corrected chi connectivity index (χ3v) is 8.00. The monoisotopic (exact) mass is 630 g/mol. The molecule has 0 unspecified atom stereocenters. The SMILES string of the molecule is C(#Cc1cccc(-c2ccc(C#Cc3ccc(C#Cc4ccc(-c5cccc(C#Cc6ccccc6)c5)cc4)cc3)cc2)c1)c1ccccc1. The summed E-state index contributed by atoms with van der Waals surface area (Å²) in [5.41, 5.74) is 12.4. The van der Waals surface area contributed by atoms with Crippen LogP contribution in [0.5, 0.6) is 0 Å². The number of hydrogen-bond acceptors (Lipinski definition) is 0. The molecule has 0 saturated heterocycles. The molecular weight excluding hydrogens is 601 g/mol. The van der Waals surface area contributed by atoms with Gasteiger partial charge in [0, 0.05) is 44.5 Å². The Labute approximate surface area is 295 Å². The van der Waals surface area contributed by atoms with Gasteiger partial charge in [-0.25, -0.2) is 0 Å². The van der Waals surface area contributed by atoms with Crippen molar-refractivity contribution in [3.63, 3.8) is 0 Å². The molecule has 7 aromatic carbocycles. The van der Waals surface area contributed by atoms with E-state index in [-0.39, 0.29) is 0 Å². The van der Waals surface area contributed by atoms with Crippen molar-refractivity contribution < 1.29 is 0 Å². The Bertz CT molecular complexity index is 2310. The van der Waals surface area contributed by atoms with E-state index in [1.165, 1.54) is 0 Å². The lowest BCUT2D eigenvalue weighted by atomic mass is 10.0. The molecule has 0 heterocycles. The first kappa shape index (κ1) is 31.4. The molecule has 230 valence electrons. The van der Waals surface area contributed by atoms with Crippen molar-refractivity contribution in [2.45, 2.75) is 0 Å². The topological polar surface area (TPSA) is 0 Å². The molecule has 0 atom stereocenters. The molecule has 0 spiro atoms. The predicted molar refractivity (Wildman–Crippen MR) is 207 cm³/mol. The Morgan fingerprint density at radius 1 is 0.180 bits per heavy atom. The molecule has 0 radical (unpaired) electrons. The molecule has 0 aliphatic heterocycles.